The molecule has 0 heterocycles. The van der Waals surface area contributed by atoms with Crippen LogP contribution in [0.3, 0.4) is 0 Å². The minimum absolute atomic E-state index is 0. The van der Waals surface area contributed by atoms with E-state index in [9.17, 15) is 4.79 Å². The Balaban J connectivity index is 0.00000625. The van der Waals surface area contributed by atoms with Crippen LogP contribution in [0.5, 0.6) is 11.5 Å². The summed E-state index contributed by atoms with van der Waals surface area (Å²) in [7, 11) is 3.23. The number of ether oxygens (including phenoxy) is 2. The van der Waals surface area contributed by atoms with Gasteiger partial charge in [-0.05, 0) is 38.0 Å². The molecule has 0 atom stereocenters. The fraction of sp³-hybridized carbons (Fsp3) is 0.556. The number of hydrogen-bond donors (Lipinski definition) is 2. The first-order valence-corrected chi connectivity index (χ1v) is 8.58. The molecule has 1 rings (SSSR count). The molecule has 0 unspecified atom stereocenters. The van der Waals surface area contributed by atoms with Crippen molar-refractivity contribution in [2.75, 3.05) is 40.4 Å². The SMILES string of the molecule is CCN(CC)C(=O)CCN=C(N)NCCc1ccc(OC)c(OC)c1.I. The van der Waals surface area contributed by atoms with Gasteiger partial charge in [0.15, 0.2) is 17.5 Å². The fourth-order valence-corrected chi connectivity index (χ4v) is 2.43. The van der Waals surface area contributed by atoms with Gasteiger partial charge in [-0.15, -0.1) is 24.0 Å². The maximum Gasteiger partial charge on any atom is 0.224 e. The van der Waals surface area contributed by atoms with Gasteiger partial charge in [-0.3, -0.25) is 9.79 Å². The summed E-state index contributed by atoms with van der Waals surface area (Å²) in [6, 6.07) is 5.81. The van der Waals surface area contributed by atoms with Gasteiger partial charge in [-0.1, -0.05) is 6.07 Å². The quantitative estimate of drug-likeness (QED) is 0.305. The topological polar surface area (TPSA) is 89.2 Å². The number of hydrogen-bond acceptors (Lipinski definition) is 4. The number of halogens is 1. The summed E-state index contributed by atoms with van der Waals surface area (Å²) in [5.41, 5.74) is 6.94. The van der Waals surface area contributed by atoms with Gasteiger partial charge in [0.05, 0.1) is 20.8 Å². The first-order chi connectivity index (χ1) is 12.0. The third-order valence-electron chi connectivity index (χ3n) is 3.89. The predicted molar refractivity (Wildman–Crippen MR) is 116 cm³/mol. The van der Waals surface area contributed by atoms with Crippen LogP contribution in [-0.2, 0) is 11.2 Å². The summed E-state index contributed by atoms with van der Waals surface area (Å²) >= 11 is 0. The molecule has 0 radical (unpaired) electrons. The predicted octanol–water partition coefficient (Wildman–Crippen LogP) is 2.03. The molecule has 0 fully saturated rings. The van der Waals surface area contributed by atoms with E-state index in [-0.39, 0.29) is 29.9 Å². The van der Waals surface area contributed by atoms with E-state index in [1.54, 1.807) is 19.1 Å². The van der Waals surface area contributed by atoms with Crippen LogP contribution in [0, 0.1) is 0 Å². The Labute approximate surface area is 173 Å². The Kier molecular flexibility index (Phi) is 12.6. The lowest BCUT2D eigenvalue weighted by Gasteiger charge is -2.17. The van der Waals surface area contributed by atoms with Gasteiger partial charge in [0.2, 0.25) is 5.91 Å². The maximum atomic E-state index is 11.9. The second kappa shape index (κ2) is 13.5. The Morgan fingerprint density at radius 3 is 2.42 bits per heavy atom. The third-order valence-corrected chi connectivity index (χ3v) is 3.89. The molecule has 148 valence electrons. The van der Waals surface area contributed by atoms with Crippen LogP contribution in [0.25, 0.3) is 0 Å². The van der Waals surface area contributed by atoms with Crippen molar-refractivity contribution in [1.82, 2.24) is 10.2 Å². The number of carbonyl (C=O) groups excluding carboxylic acids is 1. The van der Waals surface area contributed by atoms with E-state index in [1.807, 2.05) is 32.0 Å². The minimum Gasteiger partial charge on any atom is -0.493 e. The van der Waals surface area contributed by atoms with Crippen LogP contribution < -0.4 is 20.5 Å². The van der Waals surface area contributed by atoms with Crippen LogP contribution in [0.1, 0.15) is 25.8 Å². The summed E-state index contributed by atoms with van der Waals surface area (Å²) in [5.74, 6) is 1.87. The number of amides is 1. The standard InChI is InChI=1S/C18H30N4O3.HI/c1-5-22(6-2)17(23)10-12-21-18(19)20-11-9-14-7-8-15(24-3)16(13-14)25-4;/h7-8,13H,5-6,9-12H2,1-4H3,(H3,19,20,21);1H. The van der Waals surface area contributed by atoms with Gasteiger partial charge in [0.1, 0.15) is 0 Å². The van der Waals surface area contributed by atoms with Gasteiger partial charge in [0, 0.05) is 26.1 Å². The number of nitrogens with one attached hydrogen (secondary N) is 1. The molecule has 7 nitrogen and oxygen atoms in total. The molecular weight excluding hydrogens is 447 g/mol. The lowest BCUT2D eigenvalue weighted by atomic mass is 10.1. The third kappa shape index (κ3) is 8.11. The summed E-state index contributed by atoms with van der Waals surface area (Å²) in [4.78, 5) is 17.9. The molecule has 3 N–H and O–H groups in total. The highest BCUT2D eigenvalue weighted by Crippen LogP contribution is 2.27. The fourth-order valence-electron chi connectivity index (χ4n) is 2.43. The van der Waals surface area contributed by atoms with Crippen molar-refractivity contribution >= 4 is 35.8 Å². The van der Waals surface area contributed by atoms with E-state index in [2.05, 4.69) is 10.3 Å². The van der Waals surface area contributed by atoms with E-state index in [0.29, 0.717) is 37.0 Å². The Morgan fingerprint density at radius 2 is 1.85 bits per heavy atom. The van der Waals surface area contributed by atoms with Crippen LogP contribution >= 0.6 is 24.0 Å². The molecule has 0 aromatic heterocycles. The van der Waals surface area contributed by atoms with E-state index in [4.69, 9.17) is 15.2 Å². The van der Waals surface area contributed by atoms with Crippen molar-refractivity contribution in [1.29, 1.82) is 0 Å². The van der Waals surface area contributed by atoms with Crippen LogP contribution in [0.2, 0.25) is 0 Å². The first-order valence-electron chi connectivity index (χ1n) is 8.58. The summed E-state index contributed by atoms with van der Waals surface area (Å²) in [5, 5.41) is 3.06. The Bertz CT molecular complexity index is 578. The average molecular weight is 478 g/mol. The molecule has 26 heavy (non-hydrogen) atoms. The average Bonchev–Trinajstić information content (AvgIpc) is 2.62. The van der Waals surface area contributed by atoms with Gasteiger partial charge in [-0.2, -0.15) is 0 Å². The molecule has 0 aliphatic rings. The number of methoxy groups -OCH3 is 2. The van der Waals surface area contributed by atoms with Gasteiger partial charge < -0.3 is 25.4 Å². The number of nitrogens with two attached hydrogens (primary N) is 1. The van der Waals surface area contributed by atoms with Crippen LogP contribution in [0.15, 0.2) is 23.2 Å². The first kappa shape index (κ1) is 24.3. The van der Waals surface area contributed by atoms with Crippen LogP contribution in [-0.4, -0.2) is 57.2 Å². The number of carbonyl (C=O) groups is 1. The zero-order valence-corrected chi connectivity index (χ0v) is 18.4. The molecule has 0 spiro atoms. The molecular formula is C18H31IN4O3. The zero-order chi connectivity index (χ0) is 18.7. The van der Waals surface area contributed by atoms with E-state index in [0.717, 1.165) is 25.1 Å². The Hall–Kier alpha value is -1.71. The molecule has 1 aromatic rings. The number of rotatable bonds is 10. The largest absolute Gasteiger partial charge is 0.493 e. The highest BCUT2D eigenvalue weighted by molar-refractivity contribution is 14.0. The Morgan fingerprint density at radius 1 is 1.19 bits per heavy atom. The summed E-state index contributed by atoms with van der Waals surface area (Å²) < 4.78 is 10.5. The highest BCUT2D eigenvalue weighted by Gasteiger charge is 2.08. The number of guanidine groups is 1. The van der Waals surface area contributed by atoms with Crippen molar-refractivity contribution < 1.29 is 14.3 Å². The summed E-state index contributed by atoms with van der Waals surface area (Å²) in [6.07, 6.45) is 1.15. The van der Waals surface area contributed by atoms with E-state index >= 15 is 0 Å². The molecule has 0 bridgehead atoms. The van der Waals surface area contributed by atoms with Crippen molar-refractivity contribution in [3.8, 4) is 11.5 Å². The van der Waals surface area contributed by atoms with Gasteiger partial charge >= 0.3 is 0 Å². The normalized spacial score (nSPS) is 10.7. The smallest absolute Gasteiger partial charge is 0.224 e. The summed E-state index contributed by atoms with van der Waals surface area (Å²) in [6.45, 7) is 6.42. The molecule has 0 saturated heterocycles. The lowest BCUT2D eigenvalue weighted by Crippen LogP contribution is -2.34. The van der Waals surface area contributed by atoms with Crippen molar-refractivity contribution in [2.24, 2.45) is 10.7 Å². The molecule has 1 aromatic carbocycles. The number of benzene rings is 1. The van der Waals surface area contributed by atoms with Crippen molar-refractivity contribution in [3.63, 3.8) is 0 Å². The zero-order valence-electron chi connectivity index (χ0n) is 16.1. The van der Waals surface area contributed by atoms with Crippen molar-refractivity contribution in [2.45, 2.75) is 26.7 Å². The van der Waals surface area contributed by atoms with Gasteiger partial charge in [-0.25, -0.2) is 0 Å². The molecule has 0 aliphatic carbocycles. The monoisotopic (exact) mass is 478 g/mol. The molecule has 0 saturated carbocycles. The minimum atomic E-state index is 0. The second-order valence-electron chi connectivity index (χ2n) is 5.45. The van der Waals surface area contributed by atoms with E-state index < -0.39 is 0 Å². The van der Waals surface area contributed by atoms with E-state index in [1.165, 1.54) is 0 Å². The van der Waals surface area contributed by atoms with Crippen molar-refractivity contribution in [3.05, 3.63) is 23.8 Å². The second-order valence-corrected chi connectivity index (χ2v) is 5.45. The highest BCUT2D eigenvalue weighted by atomic mass is 127. The maximum absolute atomic E-state index is 11.9. The molecule has 1 amide bonds. The van der Waals surface area contributed by atoms with Crippen LogP contribution in [0.4, 0.5) is 0 Å². The lowest BCUT2D eigenvalue weighted by molar-refractivity contribution is -0.130. The van der Waals surface area contributed by atoms with Gasteiger partial charge in [0.25, 0.3) is 0 Å². The molecule has 0 aliphatic heterocycles. The number of aliphatic imine (C=N–C) groups is 1. The number of nitrogens with zero attached hydrogens (tertiary/aromatic N) is 2. The molecule has 8 heteroatoms.